The van der Waals surface area contributed by atoms with Gasteiger partial charge in [0.1, 0.15) is 32.6 Å². The zero-order chi connectivity index (χ0) is 26.0. The molecule has 0 heterocycles. The van der Waals surface area contributed by atoms with Crippen molar-refractivity contribution in [3.05, 3.63) is 73.7 Å². The first kappa shape index (κ1) is 26.0. The number of aromatic carboxylic acids is 2. The Labute approximate surface area is 217 Å². The third-order valence-corrected chi connectivity index (χ3v) is 5.47. The molecular weight excluding hydrogens is 588 g/mol. The van der Waals surface area contributed by atoms with Gasteiger partial charge in [0.05, 0.1) is 15.6 Å². The average Bonchev–Trinajstić information content (AvgIpc) is 2.76. The zero-order valence-electron chi connectivity index (χ0n) is 17.4. The highest BCUT2D eigenvalue weighted by Gasteiger charge is 2.23. The summed E-state index contributed by atoms with van der Waals surface area (Å²) in [4.78, 5) is 48.6. The van der Waals surface area contributed by atoms with Crippen molar-refractivity contribution in [2.24, 2.45) is 0 Å². The summed E-state index contributed by atoms with van der Waals surface area (Å²) in [5.74, 6) is -5.57. The van der Waals surface area contributed by atoms with Crippen LogP contribution in [-0.2, 0) is 0 Å². The summed E-state index contributed by atoms with van der Waals surface area (Å²) >= 11 is 6.31. The summed E-state index contributed by atoms with van der Waals surface area (Å²) in [6.07, 6.45) is 0. The molecule has 4 N–H and O–H groups in total. The van der Waals surface area contributed by atoms with Crippen LogP contribution in [0.2, 0.25) is 0 Å². The average molecular weight is 599 g/mol. The molecule has 0 unspecified atom stereocenters. The van der Waals surface area contributed by atoms with Gasteiger partial charge in [0.25, 0.3) is 0 Å². The van der Waals surface area contributed by atoms with Gasteiger partial charge in [0.15, 0.2) is 5.75 Å². The Morgan fingerprint density at radius 2 is 1.26 bits per heavy atom. The van der Waals surface area contributed by atoms with Crippen LogP contribution in [0.3, 0.4) is 0 Å². The molecule has 0 aliphatic rings. The van der Waals surface area contributed by atoms with Crippen molar-refractivity contribution in [2.45, 2.75) is 0 Å². The maximum Gasteiger partial charge on any atom is 0.343 e. The quantitative estimate of drug-likeness (QED) is 0.168. The maximum atomic E-state index is 12.8. The fourth-order valence-corrected chi connectivity index (χ4v) is 4.27. The van der Waals surface area contributed by atoms with E-state index in [1.54, 1.807) is 0 Å². The van der Waals surface area contributed by atoms with Gasteiger partial charge in [-0.05, 0) is 46.3 Å². The predicted molar refractivity (Wildman–Crippen MR) is 134 cm³/mol. The molecule has 13 heteroatoms. The van der Waals surface area contributed by atoms with Crippen LogP contribution in [-0.4, -0.2) is 49.8 Å². The minimum Gasteiger partial charge on any atom is -0.478 e. The molecule has 0 aliphatic heterocycles. The Morgan fingerprint density at radius 1 is 0.743 bits per heavy atom. The fourth-order valence-electron chi connectivity index (χ4n) is 2.96. The molecule has 0 spiro atoms. The molecule has 3 aromatic rings. The van der Waals surface area contributed by atoms with Crippen LogP contribution in [0.25, 0.3) is 0 Å². The lowest BCUT2D eigenvalue weighted by molar-refractivity contribution is 0.0664. The highest BCUT2D eigenvalue weighted by molar-refractivity contribution is 9.11. The number of carbonyl (C=O) groups is 4. The van der Waals surface area contributed by atoms with Gasteiger partial charge in [-0.15, -0.1) is 0 Å². The standard InChI is InChI=1S/C22H11B2Br2NO8/c23-10-4-13(19(28)29)17(15(24)5-10)34-21(32)8-1-9(3-12(27)2-8)22(33)35-18-14(20(30)31)6-11(25)7-16(18)26/h1-7H,27H2,(H,28,29)(H,30,31). The summed E-state index contributed by atoms with van der Waals surface area (Å²) in [6.45, 7) is 0. The largest absolute Gasteiger partial charge is 0.478 e. The second-order valence-electron chi connectivity index (χ2n) is 6.98. The summed E-state index contributed by atoms with van der Waals surface area (Å²) in [6, 6.07) is 8.48. The van der Waals surface area contributed by atoms with E-state index >= 15 is 0 Å². The monoisotopic (exact) mass is 597 g/mol. The van der Waals surface area contributed by atoms with Gasteiger partial charge in [0, 0.05) is 10.2 Å². The number of nitrogen functional groups attached to an aromatic ring is 1. The minimum absolute atomic E-state index is 0.0246. The van der Waals surface area contributed by atoms with Gasteiger partial charge < -0.3 is 25.4 Å². The molecule has 0 aromatic heterocycles. The number of anilines is 1. The Bertz CT molecular complexity index is 1310. The van der Waals surface area contributed by atoms with Crippen molar-refractivity contribution in [1.29, 1.82) is 0 Å². The molecular formula is C22H11B2Br2NO8. The fraction of sp³-hybridized carbons (Fsp3) is 0. The second kappa shape index (κ2) is 10.4. The number of carboxylic acid groups (broad SMARTS) is 2. The van der Waals surface area contributed by atoms with E-state index in [0.717, 1.165) is 12.1 Å². The molecule has 0 fully saturated rings. The number of hydrogen-bond donors (Lipinski definition) is 3. The van der Waals surface area contributed by atoms with Crippen molar-refractivity contribution in [3.63, 3.8) is 0 Å². The Hall–Kier alpha value is -3.57. The van der Waals surface area contributed by atoms with Gasteiger partial charge in [-0.25, -0.2) is 19.2 Å². The van der Waals surface area contributed by atoms with E-state index in [-0.39, 0.29) is 43.5 Å². The molecule has 0 atom stereocenters. The van der Waals surface area contributed by atoms with E-state index in [2.05, 4.69) is 31.9 Å². The summed E-state index contributed by atoms with van der Waals surface area (Å²) in [5, 5.41) is 18.8. The smallest absolute Gasteiger partial charge is 0.343 e. The molecule has 35 heavy (non-hydrogen) atoms. The van der Waals surface area contributed by atoms with E-state index in [1.165, 1.54) is 30.3 Å². The number of halogens is 2. The molecule has 0 saturated heterocycles. The number of benzene rings is 3. The third kappa shape index (κ3) is 5.92. The van der Waals surface area contributed by atoms with Crippen molar-refractivity contribution in [3.8, 4) is 11.5 Å². The molecule has 3 aromatic carbocycles. The van der Waals surface area contributed by atoms with Crippen molar-refractivity contribution >= 4 is 88.0 Å². The molecule has 0 amide bonds. The molecule has 4 radical (unpaired) electrons. The number of carbonyl (C=O) groups excluding carboxylic acids is 2. The first-order valence-corrected chi connectivity index (χ1v) is 11.0. The Morgan fingerprint density at radius 3 is 1.80 bits per heavy atom. The topological polar surface area (TPSA) is 153 Å². The number of rotatable bonds is 6. The van der Waals surface area contributed by atoms with Crippen LogP contribution >= 0.6 is 31.9 Å². The second-order valence-corrected chi connectivity index (χ2v) is 8.75. The number of nitrogens with two attached hydrogens (primary N) is 1. The predicted octanol–water partition coefficient (Wildman–Crippen LogP) is 2.22. The summed E-state index contributed by atoms with van der Waals surface area (Å²) < 4.78 is 11.0. The lowest BCUT2D eigenvalue weighted by Crippen LogP contribution is -2.24. The summed E-state index contributed by atoms with van der Waals surface area (Å²) in [5.41, 5.74) is 4.48. The normalized spacial score (nSPS) is 10.5. The van der Waals surface area contributed by atoms with Crippen LogP contribution < -0.4 is 26.1 Å². The number of hydrogen-bond acceptors (Lipinski definition) is 7. The molecule has 0 saturated carbocycles. The van der Waals surface area contributed by atoms with Crippen LogP contribution in [0.15, 0.2) is 51.4 Å². The van der Waals surface area contributed by atoms with Crippen molar-refractivity contribution in [1.82, 2.24) is 0 Å². The summed E-state index contributed by atoms with van der Waals surface area (Å²) in [7, 11) is 11.4. The highest BCUT2D eigenvalue weighted by Crippen LogP contribution is 2.34. The van der Waals surface area contributed by atoms with Gasteiger partial charge in [0.2, 0.25) is 0 Å². The van der Waals surface area contributed by atoms with Crippen LogP contribution in [0.5, 0.6) is 11.5 Å². The van der Waals surface area contributed by atoms with E-state index in [9.17, 15) is 29.4 Å². The lowest BCUT2D eigenvalue weighted by atomic mass is 9.84. The maximum absolute atomic E-state index is 12.8. The highest BCUT2D eigenvalue weighted by atomic mass is 79.9. The van der Waals surface area contributed by atoms with Crippen LogP contribution in [0.1, 0.15) is 41.4 Å². The first-order chi connectivity index (χ1) is 16.4. The van der Waals surface area contributed by atoms with Crippen LogP contribution in [0.4, 0.5) is 5.69 Å². The molecule has 0 bridgehead atoms. The number of esters is 2. The van der Waals surface area contributed by atoms with Crippen molar-refractivity contribution in [2.75, 3.05) is 5.73 Å². The van der Waals surface area contributed by atoms with E-state index in [1.807, 2.05) is 0 Å². The molecule has 9 nitrogen and oxygen atoms in total. The molecule has 3 rings (SSSR count). The molecule has 172 valence electrons. The van der Waals surface area contributed by atoms with E-state index < -0.39 is 35.2 Å². The minimum atomic E-state index is -1.43. The first-order valence-electron chi connectivity index (χ1n) is 9.37. The Balaban J connectivity index is 1.95. The number of ether oxygens (including phenoxy) is 2. The lowest BCUT2D eigenvalue weighted by Gasteiger charge is -2.14. The third-order valence-electron chi connectivity index (χ3n) is 4.43. The van der Waals surface area contributed by atoms with Gasteiger partial charge in [-0.3, -0.25) is 0 Å². The number of carboxylic acids is 2. The van der Waals surface area contributed by atoms with Crippen molar-refractivity contribution < 1.29 is 38.9 Å². The van der Waals surface area contributed by atoms with Gasteiger partial charge in [-0.1, -0.05) is 39.0 Å². The van der Waals surface area contributed by atoms with E-state index in [4.69, 9.17) is 30.9 Å². The molecule has 0 aliphatic carbocycles. The van der Waals surface area contributed by atoms with Crippen LogP contribution in [0, 0.1) is 0 Å². The Kier molecular flexibility index (Phi) is 7.71. The zero-order valence-corrected chi connectivity index (χ0v) is 20.5. The van der Waals surface area contributed by atoms with Gasteiger partial charge >= 0.3 is 23.9 Å². The van der Waals surface area contributed by atoms with Gasteiger partial charge in [-0.2, -0.15) is 0 Å². The SMILES string of the molecule is [B]c1cc([B])c(OC(=O)c2cc(N)cc(C(=O)Oc3c(Br)cc(Br)cc3C(=O)O)c2)c(C(=O)O)c1. The van der Waals surface area contributed by atoms with E-state index in [0.29, 0.717) is 4.47 Å².